The van der Waals surface area contributed by atoms with E-state index < -0.39 is 10.7 Å². The van der Waals surface area contributed by atoms with Crippen molar-refractivity contribution in [1.29, 1.82) is 5.26 Å². The van der Waals surface area contributed by atoms with Crippen LogP contribution < -0.4 is 0 Å². The first-order valence-electron chi connectivity index (χ1n) is 7.86. The van der Waals surface area contributed by atoms with Gasteiger partial charge in [0.25, 0.3) is 5.69 Å². The molecule has 0 aliphatic carbocycles. The van der Waals surface area contributed by atoms with Gasteiger partial charge in [0.2, 0.25) is 5.78 Å². The van der Waals surface area contributed by atoms with E-state index in [1.165, 1.54) is 12.1 Å². The van der Waals surface area contributed by atoms with Crippen LogP contribution in [0.2, 0.25) is 10.0 Å². The molecule has 0 atom stereocenters. The van der Waals surface area contributed by atoms with Crippen LogP contribution in [0.3, 0.4) is 0 Å². The molecule has 138 valence electrons. The number of rotatable bonds is 5. The maximum absolute atomic E-state index is 12.4. The number of ketones is 1. The molecule has 0 saturated heterocycles. The number of carbonyl (C=O) groups excluding carboxylic acids is 1. The molecule has 28 heavy (non-hydrogen) atoms. The average Bonchev–Trinajstić information content (AvgIpc) is 3.16. The summed E-state index contributed by atoms with van der Waals surface area (Å²) in [5.74, 6) is 0.108. The molecule has 0 aliphatic rings. The van der Waals surface area contributed by atoms with Gasteiger partial charge in [-0.3, -0.25) is 14.9 Å². The second-order valence-corrected chi connectivity index (χ2v) is 6.42. The maximum atomic E-state index is 12.4. The van der Waals surface area contributed by atoms with Crippen molar-refractivity contribution in [3.8, 4) is 17.4 Å². The Kier molecular flexibility index (Phi) is 5.59. The Balaban J connectivity index is 1.95. The fourth-order valence-corrected chi connectivity index (χ4v) is 2.96. The van der Waals surface area contributed by atoms with Gasteiger partial charge in [-0.05, 0) is 18.2 Å². The van der Waals surface area contributed by atoms with Gasteiger partial charge in [-0.15, -0.1) is 0 Å². The third-order valence-electron chi connectivity index (χ3n) is 3.81. The Morgan fingerprint density at radius 1 is 1.11 bits per heavy atom. The third kappa shape index (κ3) is 3.96. The zero-order chi connectivity index (χ0) is 20.3. The van der Waals surface area contributed by atoms with Crippen molar-refractivity contribution in [2.24, 2.45) is 0 Å². The standard InChI is InChI=1S/C20H10Cl2N2O4/c21-16-10-18(24(26)27)17(22)9-15(16)19-7-6-14(28-19)8-13(11-23)20(25)12-4-2-1-3-5-12/h1-10H. The lowest BCUT2D eigenvalue weighted by molar-refractivity contribution is -0.384. The van der Waals surface area contributed by atoms with Gasteiger partial charge in [0, 0.05) is 23.3 Å². The smallest absolute Gasteiger partial charge is 0.289 e. The number of halogens is 2. The molecule has 0 unspecified atom stereocenters. The van der Waals surface area contributed by atoms with Crippen LogP contribution in [-0.2, 0) is 0 Å². The first-order valence-corrected chi connectivity index (χ1v) is 8.61. The summed E-state index contributed by atoms with van der Waals surface area (Å²) < 4.78 is 5.63. The average molecular weight is 413 g/mol. The molecule has 2 aromatic carbocycles. The second-order valence-electron chi connectivity index (χ2n) is 5.61. The Hall–Kier alpha value is -3.40. The van der Waals surface area contributed by atoms with E-state index in [9.17, 15) is 20.2 Å². The van der Waals surface area contributed by atoms with Crippen LogP contribution in [0.4, 0.5) is 5.69 Å². The van der Waals surface area contributed by atoms with Gasteiger partial charge in [0.05, 0.1) is 9.95 Å². The number of furan rings is 1. The van der Waals surface area contributed by atoms with E-state index in [2.05, 4.69) is 0 Å². The SMILES string of the molecule is N#CC(=Cc1ccc(-c2cc(Cl)c([N+](=O)[O-])cc2Cl)o1)C(=O)c1ccccc1. The largest absolute Gasteiger partial charge is 0.457 e. The van der Waals surface area contributed by atoms with Crippen molar-refractivity contribution in [1.82, 2.24) is 0 Å². The highest BCUT2D eigenvalue weighted by molar-refractivity contribution is 6.36. The van der Waals surface area contributed by atoms with Gasteiger partial charge in [0.1, 0.15) is 28.2 Å². The molecule has 0 saturated carbocycles. The van der Waals surface area contributed by atoms with Crippen molar-refractivity contribution in [3.05, 3.63) is 91.7 Å². The van der Waals surface area contributed by atoms with E-state index in [4.69, 9.17) is 27.6 Å². The molecule has 0 spiro atoms. The van der Waals surface area contributed by atoms with Crippen LogP contribution in [0.15, 0.2) is 64.6 Å². The molecular formula is C20H10Cl2N2O4. The molecule has 1 heterocycles. The zero-order valence-electron chi connectivity index (χ0n) is 14.1. The van der Waals surface area contributed by atoms with Crippen molar-refractivity contribution in [2.45, 2.75) is 0 Å². The molecule has 0 aliphatic heterocycles. The predicted octanol–water partition coefficient (Wildman–Crippen LogP) is 5.95. The first kappa shape index (κ1) is 19.4. The summed E-state index contributed by atoms with van der Waals surface area (Å²) in [7, 11) is 0. The van der Waals surface area contributed by atoms with Crippen LogP contribution in [0.1, 0.15) is 16.1 Å². The fourth-order valence-electron chi connectivity index (χ4n) is 2.48. The zero-order valence-corrected chi connectivity index (χ0v) is 15.6. The molecule has 3 rings (SSSR count). The summed E-state index contributed by atoms with van der Waals surface area (Å²) in [6.07, 6.45) is 1.32. The van der Waals surface area contributed by atoms with Crippen LogP contribution in [-0.4, -0.2) is 10.7 Å². The van der Waals surface area contributed by atoms with Gasteiger partial charge in [0.15, 0.2) is 0 Å². The minimum absolute atomic E-state index is 0.0850. The number of nitrogens with zero attached hydrogens (tertiary/aromatic N) is 2. The first-order chi connectivity index (χ1) is 13.4. The quantitative estimate of drug-likeness (QED) is 0.169. The number of allylic oxidation sites excluding steroid dienone is 1. The molecule has 1 aromatic heterocycles. The lowest BCUT2D eigenvalue weighted by atomic mass is 10.0. The molecule has 3 aromatic rings. The Bertz CT molecular complexity index is 1140. The van der Waals surface area contributed by atoms with Crippen LogP contribution in [0, 0.1) is 21.4 Å². The number of nitriles is 1. The number of nitro groups is 1. The number of nitro benzene ring substituents is 1. The minimum Gasteiger partial charge on any atom is -0.457 e. The molecule has 0 fully saturated rings. The van der Waals surface area contributed by atoms with Crippen molar-refractivity contribution in [2.75, 3.05) is 0 Å². The van der Waals surface area contributed by atoms with Gasteiger partial charge < -0.3 is 4.42 Å². The van der Waals surface area contributed by atoms with Gasteiger partial charge >= 0.3 is 0 Å². The lowest BCUT2D eigenvalue weighted by Crippen LogP contribution is -2.01. The molecule has 0 bridgehead atoms. The van der Waals surface area contributed by atoms with E-state index in [0.29, 0.717) is 11.1 Å². The molecule has 8 heteroatoms. The van der Waals surface area contributed by atoms with Crippen LogP contribution in [0.5, 0.6) is 0 Å². The van der Waals surface area contributed by atoms with Crippen LogP contribution in [0.25, 0.3) is 17.4 Å². The Labute approximate surface area is 169 Å². The number of carbonyl (C=O) groups is 1. The molecule has 0 amide bonds. The number of hydrogen-bond acceptors (Lipinski definition) is 5. The molecule has 0 radical (unpaired) electrons. The summed E-state index contributed by atoms with van der Waals surface area (Å²) in [6, 6.07) is 15.8. The Morgan fingerprint density at radius 3 is 2.46 bits per heavy atom. The fraction of sp³-hybridized carbons (Fsp3) is 0. The van der Waals surface area contributed by atoms with Gasteiger partial charge in [-0.1, -0.05) is 53.5 Å². The van der Waals surface area contributed by atoms with Crippen molar-refractivity contribution >= 4 is 40.7 Å². The monoisotopic (exact) mass is 412 g/mol. The van der Waals surface area contributed by atoms with E-state index in [1.807, 2.05) is 6.07 Å². The maximum Gasteiger partial charge on any atom is 0.289 e. The highest BCUT2D eigenvalue weighted by Gasteiger charge is 2.19. The normalized spacial score (nSPS) is 11.1. The summed E-state index contributed by atoms with van der Waals surface area (Å²) in [5.41, 5.74) is 0.319. The van der Waals surface area contributed by atoms with E-state index in [-0.39, 0.29) is 32.8 Å². The summed E-state index contributed by atoms with van der Waals surface area (Å²) in [6.45, 7) is 0. The number of hydrogen-bond donors (Lipinski definition) is 0. The van der Waals surface area contributed by atoms with E-state index in [0.717, 1.165) is 6.07 Å². The molecule has 0 N–H and O–H groups in total. The second kappa shape index (κ2) is 8.09. The molecular weight excluding hydrogens is 403 g/mol. The van der Waals surface area contributed by atoms with Gasteiger partial charge in [-0.25, -0.2) is 0 Å². The highest BCUT2D eigenvalue weighted by Crippen LogP contribution is 2.37. The number of benzene rings is 2. The third-order valence-corrected chi connectivity index (χ3v) is 4.43. The van der Waals surface area contributed by atoms with Crippen LogP contribution >= 0.6 is 23.2 Å². The summed E-state index contributed by atoms with van der Waals surface area (Å²) >= 11 is 12.0. The lowest BCUT2D eigenvalue weighted by Gasteiger charge is -2.03. The summed E-state index contributed by atoms with van der Waals surface area (Å²) in [4.78, 5) is 22.7. The van der Waals surface area contributed by atoms with Crippen molar-refractivity contribution in [3.63, 3.8) is 0 Å². The Morgan fingerprint density at radius 2 is 1.82 bits per heavy atom. The summed E-state index contributed by atoms with van der Waals surface area (Å²) in [5, 5.41) is 20.2. The van der Waals surface area contributed by atoms with Crippen molar-refractivity contribution < 1.29 is 14.1 Å². The highest BCUT2D eigenvalue weighted by atomic mass is 35.5. The van der Waals surface area contributed by atoms with E-state index >= 15 is 0 Å². The topological polar surface area (TPSA) is 97.1 Å². The minimum atomic E-state index is -0.636. The van der Waals surface area contributed by atoms with E-state index in [1.54, 1.807) is 42.5 Å². The predicted molar refractivity (Wildman–Crippen MR) is 105 cm³/mol. The van der Waals surface area contributed by atoms with Gasteiger partial charge in [-0.2, -0.15) is 5.26 Å². The molecule has 6 nitrogen and oxygen atoms in total. The number of Topliss-reactive ketones (excluding diaryl/α,β-unsaturated/α-hetero) is 1.